The maximum atomic E-state index is 6.34. The van der Waals surface area contributed by atoms with E-state index in [0.29, 0.717) is 0 Å². The number of hydrogen-bond donors (Lipinski definition) is 1. The second-order valence-electron chi connectivity index (χ2n) is 5.30. The maximum Gasteiger partial charge on any atom is 0.0871 e. The van der Waals surface area contributed by atoms with Crippen LogP contribution in [0.3, 0.4) is 0 Å². The second-order valence-corrected chi connectivity index (χ2v) is 5.30. The Balaban J connectivity index is 2.33. The molecule has 1 aromatic carbocycles. The Morgan fingerprint density at radius 3 is 2.50 bits per heavy atom. The van der Waals surface area contributed by atoms with Gasteiger partial charge >= 0.3 is 0 Å². The number of ether oxygens (including phenoxy) is 1. The van der Waals surface area contributed by atoms with Crippen molar-refractivity contribution in [1.29, 1.82) is 0 Å². The lowest BCUT2D eigenvalue weighted by atomic mass is 9.72. The highest BCUT2D eigenvalue weighted by molar-refractivity contribution is 5.33. The van der Waals surface area contributed by atoms with Crippen LogP contribution in [0, 0.1) is 0 Å². The molecule has 0 atom stereocenters. The monoisotopic (exact) mass is 219 g/mol. The molecule has 0 spiro atoms. The predicted octanol–water partition coefficient (Wildman–Crippen LogP) is 2.91. The summed E-state index contributed by atoms with van der Waals surface area (Å²) in [5, 5.41) is 0. The fourth-order valence-electron chi connectivity index (χ4n) is 2.17. The molecule has 16 heavy (non-hydrogen) atoms. The second kappa shape index (κ2) is 3.86. The lowest BCUT2D eigenvalue weighted by Gasteiger charge is -2.39. The summed E-state index contributed by atoms with van der Waals surface area (Å²) in [7, 11) is 1.74. The molecule has 0 amide bonds. The number of nitrogens with two attached hydrogens (primary N) is 1. The SMILES string of the molecule is COC(C)(C)c1cccc(C2(N)CCC2)c1. The van der Waals surface area contributed by atoms with Gasteiger partial charge in [-0.25, -0.2) is 0 Å². The molecule has 0 unspecified atom stereocenters. The Morgan fingerprint density at radius 1 is 1.31 bits per heavy atom. The minimum Gasteiger partial charge on any atom is -0.374 e. The van der Waals surface area contributed by atoms with E-state index >= 15 is 0 Å². The summed E-state index contributed by atoms with van der Waals surface area (Å²) in [6, 6.07) is 8.52. The Kier molecular flexibility index (Phi) is 2.81. The van der Waals surface area contributed by atoms with Gasteiger partial charge in [-0.2, -0.15) is 0 Å². The van der Waals surface area contributed by atoms with E-state index in [2.05, 4.69) is 38.1 Å². The first-order valence-electron chi connectivity index (χ1n) is 5.93. The average molecular weight is 219 g/mol. The molecule has 88 valence electrons. The number of methoxy groups -OCH3 is 1. The van der Waals surface area contributed by atoms with Gasteiger partial charge in [0.05, 0.1) is 5.60 Å². The highest BCUT2D eigenvalue weighted by Crippen LogP contribution is 2.39. The smallest absolute Gasteiger partial charge is 0.0871 e. The van der Waals surface area contributed by atoms with Crippen LogP contribution in [0.2, 0.25) is 0 Å². The Morgan fingerprint density at radius 2 is 2.00 bits per heavy atom. The van der Waals surface area contributed by atoms with Gasteiger partial charge in [-0.3, -0.25) is 0 Å². The third-order valence-corrected chi connectivity index (χ3v) is 3.89. The van der Waals surface area contributed by atoms with E-state index in [0.717, 1.165) is 12.8 Å². The molecule has 1 aliphatic rings. The lowest BCUT2D eigenvalue weighted by molar-refractivity contribution is 0.0190. The maximum absolute atomic E-state index is 6.34. The summed E-state index contributed by atoms with van der Waals surface area (Å²) in [6.07, 6.45) is 3.45. The zero-order chi connectivity index (χ0) is 11.8. The minimum atomic E-state index is -0.240. The van der Waals surface area contributed by atoms with E-state index in [1.54, 1.807) is 7.11 Å². The Labute approximate surface area is 97.8 Å². The van der Waals surface area contributed by atoms with Crippen LogP contribution in [0.15, 0.2) is 24.3 Å². The Bertz CT molecular complexity index is 353. The van der Waals surface area contributed by atoms with Gasteiger partial charge in [-0.05, 0) is 44.2 Å². The van der Waals surface area contributed by atoms with E-state index < -0.39 is 0 Å². The highest BCUT2D eigenvalue weighted by atomic mass is 16.5. The van der Waals surface area contributed by atoms with Gasteiger partial charge in [0.2, 0.25) is 0 Å². The molecule has 0 saturated heterocycles. The van der Waals surface area contributed by atoms with Crippen LogP contribution in [0.25, 0.3) is 0 Å². The molecule has 1 aliphatic carbocycles. The van der Waals surface area contributed by atoms with Crippen LogP contribution < -0.4 is 5.73 Å². The molecule has 0 radical (unpaired) electrons. The van der Waals surface area contributed by atoms with Gasteiger partial charge < -0.3 is 10.5 Å². The lowest BCUT2D eigenvalue weighted by Crippen LogP contribution is -2.43. The summed E-state index contributed by atoms with van der Waals surface area (Å²) in [5.74, 6) is 0. The molecule has 0 heterocycles. The van der Waals surface area contributed by atoms with Gasteiger partial charge in [0.1, 0.15) is 0 Å². The van der Waals surface area contributed by atoms with Crippen LogP contribution in [0.5, 0.6) is 0 Å². The van der Waals surface area contributed by atoms with E-state index in [1.807, 2.05) is 0 Å². The van der Waals surface area contributed by atoms with Crippen molar-refractivity contribution in [2.75, 3.05) is 7.11 Å². The molecular weight excluding hydrogens is 198 g/mol. The van der Waals surface area contributed by atoms with Gasteiger partial charge in [-0.1, -0.05) is 24.3 Å². The quantitative estimate of drug-likeness (QED) is 0.848. The van der Waals surface area contributed by atoms with Crippen LogP contribution in [-0.4, -0.2) is 7.11 Å². The highest BCUT2D eigenvalue weighted by Gasteiger charge is 2.35. The normalized spacial score (nSPS) is 19.2. The number of hydrogen-bond acceptors (Lipinski definition) is 2. The molecule has 0 aliphatic heterocycles. The molecular formula is C14H21NO. The number of benzene rings is 1. The van der Waals surface area contributed by atoms with Crippen LogP contribution in [-0.2, 0) is 15.9 Å². The molecule has 0 aromatic heterocycles. The first-order valence-corrected chi connectivity index (χ1v) is 5.93. The predicted molar refractivity (Wildman–Crippen MR) is 66.2 cm³/mol. The number of rotatable bonds is 3. The van der Waals surface area contributed by atoms with Crippen molar-refractivity contribution in [3.63, 3.8) is 0 Å². The summed E-state index contributed by atoms with van der Waals surface area (Å²) in [6.45, 7) is 4.16. The molecule has 1 saturated carbocycles. The van der Waals surface area contributed by atoms with Crippen LogP contribution >= 0.6 is 0 Å². The molecule has 2 rings (SSSR count). The average Bonchev–Trinajstić information content (AvgIpc) is 2.26. The van der Waals surface area contributed by atoms with Gasteiger partial charge in [0, 0.05) is 12.6 Å². The summed E-state index contributed by atoms with van der Waals surface area (Å²) < 4.78 is 5.50. The molecule has 0 bridgehead atoms. The topological polar surface area (TPSA) is 35.2 Å². The van der Waals surface area contributed by atoms with E-state index in [-0.39, 0.29) is 11.1 Å². The van der Waals surface area contributed by atoms with E-state index in [9.17, 15) is 0 Å². The van der Waals surface area contributed by atoms with Crippen molar-refractivity contribution in [1.82, 2.24) is 0 Å². The fraction of sp³-hybridized carbons (Fsp3) is 0.571. The summed E-state index contributed by atoms with van der Waals surface area (Å²) in [4.78, 5) is 0. The van der Waals surface area contributed by atoms with Crippen LogP contribution in [0.4, 0.5) is 0 Å². The third kappa shape index (κ3) is 1.87. The third-order valence-electron chi connectivity index (χ3n) is 3.89. The zero-order valence-corrected chi connectivity index (χ0v) is 10.4. The van der Waals surface area contributed by atoms with Crippen molar-refractivity contribution >= 4 is 0 Å². The van der Waals surface area contributed by atoms with E-state index in [4.69, 9.17) is 10.5 Å². The van der Waals surface area contributed by atoms with Crippen molar-refractivity contribution < 1.29 is 4.74 Å². The molecule has 2 heteroatoms. The largest absolute Gasteiger partial charge is 0.374 e. The van der Waals surface area contributed by atoms with E-state index in [1.165, 1.54) is 17.5 Å². The summed E-state index contributed by atoms with van der Waals surface area (Å²) >= 11 is 0. The van der Waals surface area contributed by atoms with Gasteiger partial charge in [0.25, 0.3) is 0 Å². The van der Waals surface area contributed by atoms with Gasteiger partial charge in [-0.15, -0.1) is 0 Å². The van der Waals surface area contributed by atoms with Crippen molar-refractivity contribution in [3.05, 3.63) is 35.4 Å². The van der Waals surface area contributed by atoms with Crippen molar-refractivity contribution in [2.24, 2.45) is 5.73 Å². The van der Waals surface area contributed by atoms with Crippen molar-refractivity contribution in [2.45, 2.75) is 44.2 Å². The van der Waals surface area contributed by atoms with Crippen molar-refractivity contribution in [3.8, 4) is 0 Å². The molecule has 1 aromatic rings. The standard InChI is InChI=1S/C14H21NO/c1-13(2,16-3)11-6-4-7-12(10-11)14(15)8-5-9-14/h4,6-7,10H,5,8-9,15H2,1-3H3. The zero-order valence-electron chi connectivity index (χ0n) is 10.4. The fourth-order valence-corrected chi connectivity index (χ4v) is 2.17. The minimum absolute atomic E-state index is 0.0835. The molecule has 1 fully saturated rings. The summed E-state index contributed by atoms with van der Waals surface area (Å²) in [5.41, 5.74) is 8.46. The first kappa shape index (κ1) is 11.6. The Hall–Kier alpha value is -0.860. The molecule has 2 nitrogen and oxygen atoms in total. The van der Waals surface area contributed by atoms with Gasteiger partial charge in [0.15, 0.2) is 0 Å². The van der Waals surface area contributed by atoms with Crippen LogP contribution in [0.1, 0.15) is 44.2 Å². The molecule has 2 N–H and O–H groups in total. The first-order chi connectivity index (χ1) is 7.48.